The summed E-state index contributed by atoms with van der Waals surface area (Å²) in [4.78, 5) is 26.4. The number of ether oxygens (including phenoxy) is 3. The Balaban J connectivity index is 1.64. The number of nitrogens with zero attached hydrogens (tertiary/aromatic N) is 1. The van der Waals surface area contributed by atoms with E-state index >= 15 is 0 Å². The summed E-state index contributed by atoms with van der Waals surface area (Å²) in [6, 6.07) is 12.9. The van der Waals surface area contributed by atoms with Crippen LogP contribution < -0.4 is 19.5 Å². The minimum atomic E-state index is -1.05. The third kappa shape index (κ3) is 8.28. The number of hydrogen-bond acceptors (Lipinski definition) is 7. The molecule has 0 radical (unpaired) electrons. The molecule has 1 saturated carbocycles. The molecule has 0 heterocycles. The molecule has 0 bridgehead atoms. The predicted octanol–water partition coefficient (Wildman–Crippen LogP) is 3.98. The number of amides is 1. The highest BCUT2D eigenvalue weighted by Crippen LogP contribution is 2.30. The summed E-state index contributed by atoms with van der Waals surface area (Å²) in [7, 11) is 3.12. The van der Waals surface area contributed by atoms with Gasteiger partial charge in [-0.25, -0.2) is 0 Å². The highest BCUT2D eigenvalue weighted by atomic mass is 16.5. The molecule has 0 unspecified atom stereocenters. The van der Waals surface area contributed by atoms with Crippen molar-refractivity contribution in [1.82, 2.24) is 4.90 Å². The zero-order valence-corrected chi connectivity index (χ0v) is 22.7. The van der Waals surface area contributed by atoms with E-state index < -0.39 is 12.1 Å². The number of aliphatic hydroxyl groups excluding tert-OH is 1. The fourth-order valence-corrected chi connectivity index (χ4v) is 4.84. The van der Waals surface area contributed by atoms with Crippen LogP contribution in [0.4, 0.5) is 5.69 Å². The van der Waals surface area contributed by atoms with Gasteiger partial charge in [0.15, 0.2) is 11.5 Å². The number of aliphatic carboxylic acids is 1. The molecular formula is C29H40N2O7. The van der Waals surface area contributed by atoms with E-state index in [9.17, 15) is 19.8 Å². The second-order valence-electron chi connectivity index (χ2n) is 9.96. The third-order valence-corrected chi connectivity index (χ3v) is 6.76. The molecule has 2 aromatic carbocycles. The molecule has 38 heavy (non-hydrogen) atoms. The Morgan fingerprint density at radius 1 is 1.03 bits per heavy atom. The zero-order chi connectivity index (χ0) is 27.7. The second-order valence-corrected chi connectivity index (χ2v) is 9.96. The Bertz CT molecular complexity index is 1070. The monoisotopic (exact) mass is 528 g/mol. The molecule has 3 rings (SSSR count). The van der Waals surface area contributed by atoms with E-state index in [0.29, 0.717) is 43.6 Å². The van der Waals surface area contributed by atoms with Crippen LogP contribution in [-0.4, -0.2) is 72.5 Å². The lowest BCUT2D eigenvalue weighted by Crippen LogP contribution is -2.41. The molecule has 9 nitrogen and oxygen atoms in total. The molecule has 1 amide bonds. The summed E-state index contributed by atoms with van der Waals surface area (Å²) in [5, 5.41) is 23.7. The van der Waals surface area contributed by atoms with Crippen molar-refractivity contribution < 1.29 is 34.0 Å². The number of methoxy groups -OCH3 is 2. The van der Waals surface area contributed by atoms with Crippen LogP contribution in [0.2, 0.25) is 0 Å². The van der Waals surface area contributed by atoms with E-state index in [2.05, 4.69) is 5.32 Å². The van der Waals surface area contributed by atoms with Crippen molar-refractivity contribution in [3.8, 4) is 17.2 Å². The van der Waals surface area contributed by atoms with E-state index in [1.165, 1.54) is 4.90 Å². The van der Waals surface area contributed by atoms with Gasteiger partial charge in [-0.1, -0.05) is 12.1 Å². The summed E-state index contributed by atoms with van der Waals surface area (Å²) >= 11 is 0. The molecule has 3 atom stereocenters. The van der Waals surface area contributed by atoms with Crippen molar-refractivity contribution in [3.05, 3.63) is 48.0 Å². The number of carbonyl (C=O) groups is 2. The standard InChI is InChI=1S/C29H40N2O7/c1-19(2)38-23-7-5-6-22(17-23)30-24-11-9-21(10-12-25(24)32)29(35)31(18-28(33)34)15-14-20-8-13-26(36-3)27(16-20)37-4/h5-8,13,16-17,19,21,24-25,30,32H,9-12,14-15,18H2,1-4H3,(H,33,34)/t21-,24+,25+/m1/s1. The molecule has 0 aromatic heterocycles. The minimum absolute atomic E-state index is 0.0565. The van der Waals surface area contributed by atoms with Gasteiger partial charge in [-0.2, -0.15) is 0 Å². The molecule has 0 spiro atoms. The summed E-state index contributed by atoms with van der Waals surface area (Å²) < 4.78 is 16.4. The van der Waals surface area contributed by atoms with Gasteiger partial charge in [0.1, 0.15) is 12.3 Å². The van der Waals surface area contributed by atoms with Crippen molar-refractivity contribution in [2.75, 3.05) is 32.6 Å². The van der Waals surface area contributed by atoms with Gasteiger partial charge in [0.2, 0.25) is 5.91 Å². The summed E-state index contributed by atoms with van der Waals surface area (Å²) in [5.41, 5.74) is 1.76. The van der Waals surface area contributed by atoms with Crippen molar-refractivity contribution in [1.29, 1.82) is 0 Å². The maximum absolute atomic E-state index is 13.4. The first kappa shape index (κ1) is 29.1. The number of carboxylic acids is 1. The van der Waals surface area contributed by atoms with E-state index in [1.807, 2.05) is 50.2 Å². The molecule has 1 fully saturated rings. The van der Waals surface area contributed by atoms with Crippen molar-refractivity contribution >= 4 is 17.6 Å². The van der Waals surface area contributed by atoms with Gasteiger partial charge < -0.3 is 34.6 Å². The van der Waals surface area contributed by atoms with Crippen LogP contribution in [0.25, 0.3) is 0 Å². The summed E-state index contributed by atoms with van der Waals surface area (Å²) in [5.74, 6) is 0.347. The maximum atomic E-state index is 13.4. The minimum Gasteiger partial charge on any atom is -0.493 e. The van der Waals surface area contributed by atoms with E-state index in [1.54, 1.807) is 20.3 Å². The van der Waals surface area contributed by atoms with Crippen LogP contribution in [0.3, 0.4) is 0 Å². The largest absolute Gasteiger partial charge is 0.493 e. The molecule has 208 valence electrons. The second kappa shape index (κ2) is 13.9. The number of aliphatic hydroxyl groups is 1. The van der Waals surface area contributed by atoms with E-state index in [0.717, 1.165) is 17.0 Å². The SMILES string of the molecule is COc1ccc(CCN(CC(=O)O)C(=O)[C@@H]2CC[C@H](Nc3cccc(OC(C)C)c3)[C@@H](O)CC2)cc1OC. The normalized spacial score (nSPS) is 19.4. The lowest BCUT2D eigenvalue weighted by Gasteiger charge is -2.26. The molecule has 1 aliphatic carbocycles. The molecule has 0 aliphatic heterocycles. The summed E-state index contributed by atoms with van der Waals surface area (Å²) in [6.07, 6.45) is 2.01. The van der Waals surface area contributed by atoms with Gasteiger partial charge in [0, 0.05) is 24.2 Å². The molecule has 2 aromatic rings. The van der Waals surface area contributed by atoms with Crippen molar-refractivity contribution in [3.63, 3.8) is 0 Å². The van der Waals surface area contributed by atoms with Gasteiger partial charge >= 0.3 is 5.97 Å². The lowest BCUT2D eigenvalue weighted by atomic mass is 9.98. The number of anilines is 1. The highest BCUT2D eigenvalue weighted by Gasteiger charge is 2.32. The third-order valence-electron chi connectivity index (χ3n) is 6.76. The number of carbonyl (C=O) groups excluding carboxylic acids is 1. The Morgan fingerprint density at radius 3 is 2.45 bits per heavy atom. The van der Waals surface area contributed by atoms with Gasteiger partial charge in [-0.3, -0.25) is 9.59 Å². The average molecular weight is 529 g/mol. The number of nitrogens with one attached hydrogen (secondary N) is 1. The van der Waals surface area contributed by atoms with Crippen LogP contribution in [0.1, 0.15) is 45.1 Å². The maximum Gasteiger partial charge on any atom is 0.323 e. The first-order valence-corrected chi connectivity index (χ1v) is 13.1. The first-order chi connectivity index (χ1) is 18.2. The Labute approximate surface area is 224 Å². The van der Waals surface area contributed by atoms with Crippen LogP contribution in [0.5, 0.6) is 17.2 Å². The van der Waals surface area contributed by atoms with E-state index in [4.69, 9.17) is 14.2 Å². The Kier molecular flexibility index (Phi) is 10.6. The van der Waals surface area contributed by atoms with Gasteiger partial charge in [-0.05, 0) is 75.8 Å². The Hall–Kier alpha value is -3.46. The molecular weight excluding hydrogens is 488 g/mol. The lowest BCUT2D eigenvalue weighted by molar-refractivity contribution is -0.146. The predicted molar refractivity (Wildman–Crippen MR) is 145 cm³/mol. The average Bonchev–Trinajstić information content (AvgIpc) is 3.06. The summed E-state index contributed by atoms with van der Waals surface area (Å²) in [6.45, 7) is 3.83. The van der Waals surface area contributed by atoms with Crippen LogP contribution in [0, 0.1) is 5.92 Å². The first-order valence-electron chi connectivity index (χ1n) is 13.1. The molecule has 9 heteroatoms. The number of benzene rings is 2. The van der Waals surface area contributed by atoms with E-state index in [-0.39, 0.29) is 37.1 Å². The fraction of sp³-hybridized carbons (Fsp3) is 0.517. The van der Waals surface area contributed by atoms with Gasteiger partial charge in [-0.15, -0.1) is 0 Å². The number of rotatable bonds is 12. The van der Waals surface area contributed by atoms with Crippen LogP contribution >= 0.6 is 0 Å². The zero-order valence-electron chi connectivity index (χ0n) is 22.7. The molecule has 1 aliphatic rings. The number of hydrogen-bond donors (Lipinski definition) is 3. The van der Waals surface area contributed by atoms with Crippen LogP contribution in [-0.2, 0) is 16.0 Å². The van der Waals surface area contributed by atoms with Gasteiger partial charge in [0.05, 0.1) is 32.5 Å². The fourth-order valence-electron chi connectivity index (χ4n) is 4.84. The molecule has 0 saturated heterocycles. The van der Waals surface area contributed by atoms with Crippen LogP contribution in [0.15, 0.2) is 42.5 Å². The molecule has 3 N–H and O–H groups in total. The van der Waals surface area contributed by atoms with Crippen molar-refractivity contribution in [2.45, 2.75) is 64.2 Å². The topological polar surface area (TPSA) is 118 Å². The van der Waals surface area contributed by atoms with Crippen molar-refractivity contribution in [2.24, 2.45) is 5.92 Å². The highest BCUT2D eigenvalue weighted by molar-refractivity contribution is 5.83. The quantitative estimate of drug-likeness (QED) is 0.354. The smallest absolute Gasteiger partial charge is 0.323 e. The Morgan fingerprint density at radius 2 is 1.76 bits per heavy atom. The number of carboxylic acid groups (broad SMARTS) is 1. The van der Waals surface area contributed by atoms with Gasteiger partial charge in [0.25, 0.3) is 0 Å².